The first-order chi connectivity index (χ1) is 6.95. The Morgan fingerprint density at radius 1 is 1.13 bits per heavy atom. The van der Waals surface area contributed by atoms with Gasteiger partial charge in [0.15, 0.2) is 0 Å². The molecule has 0 fully saturated rings. The zero-order valence-electron chi connectivity index (χ0n) is 8.60. The number of hydrogen-bond donors (Lipinski definition) is 5. The second-order valence-electron chi connectivity index (χ2n) is 3.25. The lowest BCUT2D eigenvalue weighted by Crippen LogP contribution is -2.59. The normalized spacial score (nSPS) is 13.1. The molecule has 0 aliphatic rings. The summed E-state index contributed by atoms with van der Waals surface area (Å²) < 4.78 is 26.8. The van der Waals surface area contributed by atoms with Crippen molar-refractivity contribution in [2.45, 2.75) is 18.9 Å². The predicted octanol–water partition coefficient (Wildman–Crippen LogP) is -2.46. The van der Waals surface area contributed by atoms with Crippen LogP contribution in [0.15, 0.2) is 0 Å². The first-order valence-electron chi connectivity index (χ1n) is 4.56. The number of aliphatic hydroxyl groups excluding tert-OH is 3. The van der Waals surface area contributed by atoms with Crippen molar-refractivity contribution in [1.82, 2.24) is 9.44 Å². The molecule has 0 amide bonds. The summed E-state index contributed by atoms with van der Waals surface area (Å²) in [5, 5.41) is 26.7. The molecule has 0 spiro atoms. The third-order valence-electron chi connectivity index (χ3n) is 1.80. The minimum absolute atomic E-state index is 0.244. The van der Waals surface area contributed by atoms with Crippen LogP contribution >= 0.6 is 0 Å². The summed E-state index contributed by atoms with van der Waals surface area (Å²) in [5.41, 5.74) is -1.63. The fourth-order valence-electron chi connectivity index (χ4n) is 0.804. The smallest absolute Gasteiger partial charge is 0.277 e. The van der Waals surface area contributed by atoms with Crippen molar-refractivity contribution in [2.75, 3.05) is 26.4 Å². The largest absolute Gasteiger partial charge is 0.394 e. The first-order valence-corrected chi connectivity index (χ1v) is 6.04. The Morgan fingerprint density at radius 3 is 1.93 bits per heavy atom. The molecule has 0 bridgehead atoms. The Kier molecular flexibility index (Phi) is 6.25. The molecular formula is C7H18N2O5S. The standard InChI is InChI=1S/C7H18N2O5S/c1-2-3-8-15(13,14)9-7(4-10,5-11)6-12/h8-12H,2-6H2,1H3. The fraction of sp³-hybridized carbons (Fsp3) is 1.00. The molecule has 0 heterocycles. The molecular weight excluding hydrogens is 224 g/mol. The van der Waals surface area contributed by atoms with E-state index in [1.807, 2.05) is 4.72 Å². The Balaban J connectivity index is 4.52. The van der Waals surface area contributed by atoms with Crippen LogP contribution in [-0.4, -0.2) is 55.6 Å². The van der Waals surface area contributed by atoms with Gasteiger partial charge in [-0.05, 0) is 6.42 Å². The van der Waals surface area contributed by atoms with Gasteiger partial charge >= 0.3 is 0 Å². The SMILES string of the molecule is CCCNS(=O)(=O)NC(CO)(CO)CO. The maximum atomic E-state index is 11.3. The van der Waals surface area contributed by atoms with Gasteiger partial charge in [0.05, 0.1) is 19.8 Å². The molecule has 0 saturated carbocycles. The van der Waals surface area contributed by atoms with Gasteiger partial charge in [0.25, 0.3) is 10.2 Å². The predicted molar refractivity (Wildman–Crippen MR) is 54.3 cm³/mol. The molecule has 0 radical (unpaired) electrons. The quantitative estimate of drug-likeness (QED) is 0.323. The third kappa shape index (κ3) is 4.87. The average molecular weight is 242 g/mol. The van der Waals surface area contributed by atoms with E-state index in [4.69, 9.17) is 15.3 Å². The van der Waals surface area contributed by atoms with Crippen LogP contribution < -0.4 is 9.44 Å². The molecule has 0 saturated heterocycles. The lowest BCUT2D eigenvalue weighted by Gasteiger charge is -2.28. The van der Waals surface area contributed by atoms with Gasteiger partial charge in [0, 0.05) is 6.54 Å². The van der Waals surface area contributed by atoms with Crippen LogP contribution in [0.5, 0.6) is 0 Å². The van der Waals surface area contributed by atoms with Gasteiger partial charge < -0.3 is 15.3 Å². The lowest BCUT2D eigenvalue weighted by molar-refractivity contribution is 0.0579. The van der Waals surface area contributed by atoms with Crippen molar-refractivity contribution in [3.8, 4) is 0 Å². The van der Waals surface area contributed by atoms with E-state index in [9.17, 15) is 8.42 Å². The molecule has 5 N–H and O–H groups in total. The highest BCUT2D eigenvalue weighted by Crippen LogP contribution is 2.03. The number of nitrogens with one attached hydrogen (secondary N) is 2. The molecule has 0 atom stereocenters. The molecule has 15 heavy (non-hydrogen) atoms. The van der Waals surface area contributed by atoms with E-state index in [1.165, 1.54) is 0 Å². The fourth-order valence-corrected chi connectivity index (χ4v) is 2.11. The molecule has 0 aromatic rings. The molecule has 0 aromatic carbocycles. The summed E-state index contributed by atoms with van der Waals surface area (Å²) in [6.07, 6.45) is 0.616. The molecule has 8 heteroatoms. The van der Waals surface area contributed by atoms with Crippen LogP contribution in [0.25, 0.3) is 0 Å². The molecule has 0 aliphatic heterocycles. The van der Waals surface area contributed by atoms with Crippen LogP contribution in [0.4, 0.5) is 0 Å². The van der Waals surface area contributed by atoms with Gasteiger partial charge in [0.2, 0.25) is 0 Å². The lowest BCUT2D eigenvalue weighted by atomic mass is 10.1. The zero-order chi connectivity index (χ0) is 11.9. The van der Waals surface area contributed by atoms with Crippen molar-refractivity contribution in [2.24, 2.45) is 0 Å². The van der Waals surface area contributed by atoms with Gasteiger partial charge in [-0.25, -0.2) is 4.72 Å². The van der Waals surface area contributed by atoms with E-state index in [2.05, 4.69) is 4.72 Å². The van der Waals surface area contributed by atoms with Crippen LogP contribution in [-0.2, 0) is 10.2 Å². The summed E-state index contributed by atoms with van der Waals surface area (Å²) in [6.45, 7) is -0.0271. The van der Waals surface area contributed by atoms with Gasteiger partial charge in [-0.1, -0.05) is 6.92 Å². The summed E-state index contributed by atoms with van der Waals surface area (Å²) >= 11 is 0. The number of aliphatic hydroxyl groups is 3. The molecule has 92 valence electrons. The van der Waals surface area contributed by atoms with Gasteiger partial charge in [-0.2, -0.15) is 13.1 Å². The molecule has 0 aliphatic carbocycles. The average Bonchev–Trinajstić information content (AvgIpc) is 2.23. The molecule has 7 nitrogen and oxygen atoms in total. The summed E-state index contributed by atoms with van der Waals surface area (Å²) in [5.74, 6) is 0. The Morgan fingerprint density at radius 2 is 1.60 bits per heavy atom. The highest BCUT2D eigenvalue weighted by Gasteiger charge is 2.32. The van der Waals surface area contributed by atoms with Crippen molar-refractivity contribution >= 4 is 10.2 Å². The van der Waals surface area contributed by atoms with Crippen LogP contribution in [0.1, 0.15) is 13.3 Å². The van der Waals surface area contributed by atoms with Crippen LogP contribution in [0, 0.1) is 0 Å². The topological polar surface area (TPSA) is 119 Å². The maximum absolute atomic E-state index is 11.3. The monoisotopic (exact) mass is 242 g/mol. The minimum Gasteiger partial charge on any atom is -0.394 e. The van der Waals surface area contributed by atoms with Gasteiger partial charge in [-0.3, -0.25) is 0 Å². The van der Waals surface area contributed by atoms with E-state index in [-0.39, 0.29) is 6.54 Å². The Hall–Kier alpha value is -0.250. The number of hydrogen-bond acceptors (Lipinski definition) is 5. The first kappa shape index (κ1) is 14.8. The molecule has 0 rings (SSSR count). The minimum atomic E-state index is -3.82. The highest BCUT2D eigenvalue weighted by molar-refractivity contribution is 7.87. The second-order valence-corrected chi connectivity index (χ2v) is 4.75. The van der Waals surface area contributed by atoms with E-state index < -0.39 is 35.6 Å². The van der Waals surface area contributed by atoms with Crippen molar-refractivity contribution in [1.29, 1.82) is 0 Å². The van der Waals surface area contributed by atoms with Crippen molar-refractivity contribution in [3.05, 3.63) is 0 Å². The highest BCUT2D eigenvalue weighted by atomic mass is 32.2. The summed E-state index contributed by atoms with van der Waals surface area (Å²) in [4.78, 5) is 0. The van der Waals surface area contributed by atoms with E-state index in [0.29, 0.717) is 6.42 Å². The van der Waals surface area contributed by atoms with E-state index in [0.717, 1.165) is 0 Å². The summed E-state index contributed by atoms with van der Waals surface area (Å²) in [6, 6.07) is 0. The molecule has 0 aromatic heterocycles. The van der Waals surface area contributed by atoms with E-state index in [1.54, 1.807) is 6.92 Å². The van der Waals surface area contributed by atoms with E-state index >= 15 is 0 Å². The summed E-state index contributed by atoms with van der Waals surface area (Å²) in [7, 11) is -3.82. The van der Waals surface area contributed by atoms with Crippen molar-refractivity contribution < 1.29 is 23.7 Å². The van der Waals surface area contributed by atoms with Crippen LogP contribution in [0.2, 0.25) is 0 Å². The Bertz CT molecular complexity index is 254. The second kappa shape index (κ2) is 6.36. The number of rotatable bonds is 8. The van der Waals surface area contributed by atoms with Gasteiger partial charge in [0.1, 0.15) is 5.54 Å². The maximum Gasteiger partial charge on any atom is 0.277 e. The zero-order valence-corrected chi connectivity index (χ0v) is 9.42. The molecule has 0 unspecified atom stereocenters. The van der Waals surface area contributed by atoms with Gasteiger partial charge in [-0.15, -0.1) is 0 Å². The van der Waals surface area contributed by atoms with Crippen LogP contribution in [0.3, 0.4) is 0 Å². The Labute approximate surface area is 89.3 Å². The third-order valence-corrected chi connectivity index (χ3v) is 3.09. The van der Waals surface area contributed by atoms with Crippen molar-refractivity contribution in [3.63, 3.8) is 0 Å².